The van der Waals surface area contributed by atoms with Crippen LogP contribution in [0.2, 0.25) is 0 Å². The van der Waals surface area contributed by atoms with Crippen LogP contribution in [-0.4, -0.2) is 0 Å². The second-order valence-electron chi connectivity index (χ2n) is 5.06. The molecule has 0 unspecified atom stereocenters. The molecule has 0 aromatic carbocycles. The molecular weight excluding hydrogens is 120 g/mol. The Morgan fingerprint density at radius 2 is 1.00 bits per heavy atom. The van der Waals surface area contributed by atoms with Crippen LogP contribution in [0.25, 0.3) is 0 Å². The molecule has 0 N–H and O–H groups in total. The first kappa shape index (κ1) is 5.62. The van der Waals surface area contributed by atoms with Crippen LogP contribution in [0, 0.1) is 10.8 Å². The van der Waals surface area contributed by atoms with Crippen LogP contribution >= 0.6 is 0 Å². The summed E-state index contributed by atoms with van der Waals surface area (Å²) in [5, 5.41) is 0. The van der Waals surface area contributed by atoms with E-state index in [9.17, 15) is 0 Å². The molecule has 0 saturated heterocycles. The summed E-state index contributed by atoms with van der Waals surface area (Å²) in [7, 11) is 0. The van der Waals surface area contributed by atoms with Crippen molar-refractivity contribution < 1.29 is 0 Å². The van der Waals surface area contributed by atoms with E-state index in [0.717, 1.165) is 10.8 Å². The van der Waals surface area contributed by atoms with Crippen molar-refractivity contribution in [3.63, 3.8) is 0 Å². The SMILES string of the molecule is C1CC2(C1)CC1(CCC1)C2. The zero-order valence-electron chi connectivity index (χ0n) is 6.66. The number of hydrogen-bond donors (Lipinski definition) is 0. The Kier molecular flexibility index (Phi) is 0.810. The lowest BCUT2D eigenvalue weighted by Crippen LogP contribution is -2.53. The van der Waals surface area contributed by atoms with Crippen LogP contribution in [-0.2, 0) is 0 Å². The minimum Gasteiger partial charge on any atom is -0.0522 e. The molecule has 3 fully saturated rings. The Bertz CT molecular complexity index is 133. The summed E-state index contributed by atoms with van der Waals surface area (Å²) in [6, 6.07) is 0. The van der Waals surface area contributed by atoms with E-state index in [0.29, 0.717) is 0 Å². The molecule has 10 heavy (non-hydrogen) atoms. The van der Waals surface area contributed by atoms with Crippen molar-refractivity contribution in [2.45, 2.75) is 51.4 Å². The van der Waals surface area contributed by atoms with E-state index in [4.69, 9.17) is 0 Å². The zero-order chi connectivity index (χ0) is 6.66. The summed E-state index contributed by atoms with van der Waals surface area (Å²) >= 11 is 0. The van der Waals surface area contributed by atoms with E-state index in [1.165, 1.54) is 12.8 Å². The Hall–Kier alpha value is 0. The molecule has 0 bridgehead atoms. The van der Waals surface area contributed by atoms with Gasteiger partial charge in [0.1, 0.15) is 0 Å². The second-order valence-corrected chi connectivity index (χ2v) is 5.06. The molecule has 3 aliphatic carbocycles. The highest BCUT2D eigenvalue weighted by atomic mass is 14.6. The van der Waals surface area contributed by atoms with Gasteiger partial charge in [0.05, 0.1) is 0 Å². The molecule has 0 aromatic heterocycles. The minimum atomic E-state index is 0.931. The van der Waals surface area contributed by atoms with Crippen molar-refractivity contribution in [2.75, 3.05) is 0 Å². The topological polar surface area (TPSA) is 0 Å². The molecule has 0 atom stereocenters. The molecule has 0 aromatic rings. The average molecular weight is 136 g/mol. The van der Waals surface area contributed by atoms with Gasteiger partial charge in [-0.05, 0) is 49.4 Å². The van der Waals surface area contributed by atoms with Gasteiger partial charge in [-0.15, -0.1) is 0 Å². The molecule has 0 radical (unpaired) electrons. The van der Waals surface area contributed by atoms with Gasteiger partial charge in [0.15, 0.2) is 0 Å². The molecule has 2 spiro atoms. The summed E-state index contributed by atoms with van der Waals surface area (Å²) in [4.78, 5) is 0. The molecule has 0 aliphatic heterocycles. The summed E-state index contributed by atoms with van der Waals surface area (Å²) in [5.41, 5.74) is 1.86. The fourth-order valence-electron chi connectivity index (χ4n) is 3.60. The second kappa shape index (κ2) is 1.44. The van der Waals surface area contributed by atoms with Crippen molar-refractivity contribution in [3.8, 4) is 0 Å². The van der Waals surface area contributed by atoms with Crippen molar-refractivity contribution in [1.29, 1.82) is 0 Å². The highest BCUT2D eigenvalue weighted by Gasteiger charge is 2.58. The quantitative estimate of drug-likeness (QED) is 0.480. The number of rotatable bonds is 0. The third-order valence-electron chi connectivity index (χ3n) is 4.33. The minimum absolute atomic E-state index is 0.931. The van der Waals surface area contributed by atoms with Crippen molar-refractivity contribution in [2.24, 2.45) is 10.8 Å². The zero-order valence-corrected chi connectivity index (χ0v) is 6.66. The van der Waals surface area contributed by atoms with Crippen molar-refractivity contribution in [3.05, 3.63) is 0 Å². The highest BCUT2D eigenvalue weighted by molar-refractivity contribution is 5.09. The van der Waals surface area contributed by atoms with Crippen LogP contribution in [0.15, 0.2) is 0 Å². The van der Waals surface area contributed by atoms with Crippen LogP contribution < -0.4 is 0 Å². The molecule has 0 heteroatoms. The van der Waals surface area contributed by atoms with Crippen LogP contribution in [0.5, 0.6) is 0 Å². The van der Waals surface area contributed by atoms with Crippen LogP contribution in [0.4, 0.5) is 0 Å². The van der Waals surface area contributed by atoms with E-state index in [1.807, 2.05) is 0 Å². The van der Waals surface area contributed by atoms with Gasteiger partial charge in [-0.2, -0.15) is 0 Å². The first-order valence-corrected chi connectivity index (χ1v) is 4.83. The summed E-state index contributed by atoms with van der Waals surface area (Å²) in [6.45, 7) is 0. The lowest BCUT2D eigenvalue weighted by Gasteiger charge is -2.65. The normalized spacial score (nSPS) is 38.4. The van der Waals surface area contributed by atoms with Gasteiger partial charge in [0, 0.05) is 0 Å². The van der Waals surface area contributed by atoms with E-state index in [2.05, 4.69) is 0 Å². The van der Waals surface area contributed by atoms with Gasteiger partial charge in [0.2, 0.25) is 0 Å². The smallest absolute Gasteiger partial charge is 0.0287 e. The maximum absolute atomic E-state index is 1.62. The van der Waals surface area contributed by atoms with Gasteiger partial charge in [-0.25, -0.2) is 0 Å². The van der Waals surface area contributed by atoms with E-state index in [1.54, 1.807) is 38.5 Å². The third-order valence-corrected chi connectivity index (χ3v) is 4.33. The Balaban J connectivity index is 1.69. The Morgan fingerprint density at radius 1 is 0.600 bits per heavy atom. The van der Waals surface area contributed by atoms with Crippen LogP contribution in [0.1, 0.15) is 51.4 Å². The summed E-state index contributed by atoms with van der Waals surface area (Å²) in [5.74, 6) is 0. The fourth-order valence-corrected chi connectivity index (χ4v) is 3.60. The number of hydrogen-bond acceptors (Lipinski definition) is 0. The van der Waals surface area contributed by atoms with Gasteiger partial charge < -0.3 is 0 Å². The maximum Gasteiger partial charge on any atom is -0.0287 e. The monoisotopic (exact) mass is 136 g/mol. The largest absolute Gasteiger partial charge is 0.0522 e. The third kappa shape index (κ3) is 0.500. The Labute approximate surface area is 63.0 Å². The van der Waals surface area contributed by atoms with Gasteiger partial charge in [-0.3, -0.25) is 0 Å². The lowest BCUT2D eigenvalue weighted by atomic mass is 9.40. The average Bonchev–Trinajstić information content (AvgIpc) is 1.52. The van der Waals surface area contributed by atoms with E-state index < -0.39 is 0 Å². The predicted octanol–water partition coefficient (Wildman–Crippen LogP) is 3.12. The molecule has 0 nitrogen and oxygen atoms in total. The summed E-state index contributed by atoms with van der Waals surface area (Å²) in [6.07, 6.45) is 12.6. The molecule has 0 heterocycles. The maximum atomic E-state index is 1.62. The molecule has 3 aliphatic rings. The molecule has 56 valence electrons. The van der Waals surface area contributed by atoms with Crippen LogP contribution in [0.3, 0.4) is 0 Å². The van der Waals surface area contributed by atoms with E-state index >= 15 is 0 Å². The van der Waals surface area contributed by atoms with Crippen molar-refractivity contribution >= 4 is 0 Å². The predicted molar refractivity (Wildman–Crippen MR) is 41.8 cm³/mol. The molecule has 3 saturated carbocycles. The van der Waals surface area contributed by atoms with Gasteiger partial charge >= 0.3 is 0 Å². The first-order chi connectivity index (χ1) is 4.83. The van der Waals surface area contributed by atoms with Gasteiger partial charge in [0.25, 0.3) is 0 Å². The Morgan fingerprint density at radius 3 is 1.20 bits per heavy atom. The molecule has 3 rings (SSSR count). The highest BCUT2D eigenvalue weighted by Crippen LogP contribution is 2.70. The van der Waals surface area contributed by atoms with E-state index in [-0.39, 0.29) is 0 Å². The molecule has 0 amide bonds. The van der Waals surface area contributed by atoms with Crippen molar-refractivity contribution in [1.82, 2.24) is 0 Å². The first-order valence-electron chi connectivity index (χ1n) is 4.83. The fraction of sp³-hybridized carbons (Fsp3) is 1.00. The standard InChI is InChI=1S/C10H16/c1-3-9(4-1)7-10(8-9)5-2-6-10/h1-8H2. The lowest BCUT2D eigenvalue weighted by molar-refractivity contribution is -0.139. The molecular formula is C10H16. The van der Waals surface area contributed by atoms with Gasteiger partial charge in [-0.1, -0.05) is 12.8 Å². The summed E-state index contributed by atoms with van der Waals surface area (Å²) < 4.78 is 0.